The molecule has 5 nitrogen and oxygen atoms in total. The molecule has 0 radical (unpaired) electrons. The number of para-hydroxylation sites is 1. The number of aromatic nitrogens is 1. The molecule has 5 heteroatoms. The van der Waals surface area contributed by atoms with Gasteiger partial charge in [0.2, 0.25) is 0 Å². The van der Waals surface area contributed by atoms with Crippen LogP contribution in [0.25, 0.3) is 0 Å². The summed E-state index contributed by atoms with van der Waals surface area (Å²) in [7, 11) is 0. The lowest BCUT2D eigenvalue weighted by Gasteiger charge is -2.24. The Morgan fingerprint density at radius 2 is 2.08 bits per heavy atom. The summed E-state index contributed by atoms with van der Waals surface area (Å²) in [5.41, 5.74) is 2.88. The van der Waals surface area contributed by atoms with E-state index in [1.807, 2.05) is 24.3 Å². The number of furan rings is 1. The first kappa shape index (κ1) is 15.4. The maximum atomic E-state index is 12.4. The molecule has 4 rings (SSSR count). The highest BCUT2D eigenvalue weighted by molar-refractivity contribution is 5.92. The number of hydrogen-bond donors (Lipinski definition) is 1. The molecule has 126 valence electrons. The lowest BCUT2D eigenvalue weighted by molar-refractivity contribution is 0.0943. The zero-order valence-corrected chi connectivity index (χ0v) is 14.0. The van der Waals surface area contributed by atoms with Crippen LogP contribution >= 0.6 is 0 Å². The van der Waals surface area contributed by atoms with Crippen LogP contribution in [0.3, 0.4) is 0 Å². The molecule has 1 unspecified atom stereocenters. The van der Waals surface area contributed by atoms with E-state index in [0.29, 0.717) is 24.0 Å². The lowest BCUT2D eigenvalue weighted by Crippen LogP contribution is -2.27. The maximum Gasteiger partial charge on any atom is 0.270 e. The molecule has 0 spiro atoms. The molecule has 1 amide bonds. The Morgan fingerprint density at radius 1 is 1.20 bits per heavy atom. The molecule has 1 aromatic carbocycles. The van der Waals surface area contributed by atoms with E-state index in [1.165, 1.54) is 5.56 Å². The predicted molar refractivity (Wildman–Crippen MR) is 95.9 cm³/mol. The number of rotatable bonds is 4. The summed E-state index contributed by atoms with van der Waals surface area (Å²) in [4.78, 5) is 19.2. The molecule has 0 saturated heterocycles. The Morgan fingerprint density at radius 3 is 2.92 bits per heavy atom. The van der Waals surface area contributed by atoms with Crippen LogP contribution in [0.1, 0.15) is 28.7 Å². The quantitative estimate of drug-likeness (QED) is 0.791. The van der Waals surface area contributed by atoms with Crippen LogP contribution in [0.4, 0.5) is 11.5 Å². The van der Waals surface area contributed by atoms with Crippen molar-refractivity contribution in [3.8, 4) is 0 Å². The van der Waals surface area contributed by atoms with Crippen LogP contribution in [0.2, 0.25) is 0 Å². The first-order chi connectivity index (χ1) is 12.2. The van der Waals surface area contributed by atoms with Crippen molar-refractivity contribution < 1.29 is 9.21 Å². The van der Waals surface area contributed by atoms with Crippen molar-refractivity contribution in [2.24, 2.45) is 0 Å². The summed E-state index contributed by atoms with van der Waals surface area (Å²) in [6.07, 6.45) is 2.57. The van der Waals surface area contributed by atoms with E-state index in [4.69, 9.17) is 4.42 Å². The molecule has 1 atom stereocenters. The standard InChI is InChI=1S/C20H19N3O2/c1-14-12-15-6-2-3-9-18(15)23(14)19-10-4-8-17(22-19)20(24)21-13-16-7-5-11-25-16/h2-11,14H,12-13H2,1H3,(H,21,24). The number of amides is 1. The van der Waals surface area contributed by atoms with Crippen molar-refractivity contribution in [2.45, 2.75) is 25.9 Å². The second-order valence-electron chi connectivity index (χ2n) is 6.19. The average molecular weight is 333 g/mol. The number of carbonyl (C=O) groups excluding carboxylic acids is 1. The largest absolute Gasteiger partial charge is 0.467 e. The average Bonchev–Trinajstić information content (AvgIpc) is 3.26. The van der Waals surface area contributed by atoms with Gasteiger partial charge in [0.1, 0.15) is 17.3 Å². The monoisotopic (exact) mass is 333 g/mol. The van der Waals surface area contributed by atoms with Crippen LogP contribution in [0.5, 0.6) is 0 Å². The minimum absolute atomic E-state index is 0.210. The Bertz CT molecular complexity index is 889. The fourth-order valence-electron chi connectivity index (χ4n) is 3.27. The minimum atomic E-state index is -0.210. The highest BCUT2D eigenvalue weighted by atomic mass is 16.3. The predicted octanol–water partition coefficient (Wildman–Crippen LogP) is 3.69. The van der Waals surface area contributed by atoms with Gasteiger partial charge < -0.3 is 14.6 Å². The number of anilines is 2. The summed E-state index contributed by atoms with van der Waals surface area (Å²) in [5, 5.41) is 2.84. The van der Waals surface area contributed by atoms with Gasteiger partial charge in [0.05, 0.1) is 12.8 Å². The highest BCUT2D eigenvalue weighted by Crippen LogP contribution is 2.37. The van der Waals surface area contributed by atoms with Crippen molar-refractivity contribution in [1.82, 2.24) is 10.3 Å². The van der Waals surface area contributed by atoms with Gasteiger partial charge in [0.25, 0.3) is 5.91 Å². The van der Waals surface area contributed by atoms with Crippen molar-refractivity contribution in [1.29, 1.82) is 0 Å². The van der Waals surface area contributed by atoms with E-state index in [1.54, 1.807) is 18.4 Å². The Labute approximate surface area is 146 Å². The van der Waals surface area contributed by atoms with Gasteiger partial charge in [-0.25, -0.2) is 4.98 Å². The smallest absolute Gasteiger partial charge is 0.270 e. The molecule has 1 aliphatic heterocycles. The fourth-order valence-corrected chi connectivity index (χ4v) is 3.27. The third kappa shape index (κ3) is 3.01. The summed E-state index contributed by atoms with van der Waals surface area (Å²) >= 11 is 0. The molecular formula is C20H19N3O2. The molecule has 0 bridgehead atoms. The van der Waals surface area contributed by atoms with Crippen LogP contribution in [-0.4, -0.2) is 16.9 Å². The number of benzene rings is 1. The van der Waals surface area contributed by atoms with Gasteiger partial charge in [0, 0.05) is 11.7 Å². The van der Waals surface area contributed by atoms with Crippen LogP contribution in [0.15, 0.2) is 65.3 Å². The third-order valence-corrected chi connectivity index (χ3v) is 4.42. The van der Waals surface area contributed by atoms with Crippen molar-refractivity contribution in [3.63, 3.8) is 0 Å². The Balaban J connectivity index is 1.56. The molecular weight excluding hydrogens is 314 g/mol. The lowest BCUT2D eigenvalue weighted by atomic mass is 10.1. The van der Waals surface area contributed by atoms with E-state index < -0.39 is 0 Å². The van der Waals surface area contributed by atoms with E-state index >= 15 is 0 Å². The highest BCUT2D eigenvalue weighted by Gasteiger charge is 2.27. The van der Waals surface area contributed by atoms with Gasteiger partial charge >= 0.3 is 0 Å². The van der Waals surface area contributed by atoms with Gasteiger partial charge in [-0.2, -0.15) is 0 Å². The first-order valence-electron chi connectivity index (χ1n) is 8.37. The molecule has 0 saturated carbocycles. The summed E-state index contributed by atoms with van der Waals surface area (Å²) in [6, 6.07) is 17.8. The van der Waals surface area contributed by atoms with Crippen LogP contribution in [-0.2, 0) is 13.0 Å². The first-order valence-corrected chi connectivity index (χ1v) is 8.37. The summed E-state index contributed by atoms with van der Waals surface area (Å²) in [5.74, 6) is 1.30. The molecule has 25 heavy (non-hydrogen) atoms. The van der Waals surface area contributed by atoms with Gasteiger partial charge in [-0.05, 0) is 49.2 Å². The zero-order chi connectivity index (χ0) is 17.2. The second kappa shape index (κ2) is 6.43. The molecule has 1 N–H and O–H groups in total. The summed E-state index contributed by atoms with van der Waals surface area (Å²) < 4.78 is 5.23. The van der Waals surface area contributed by atoms with Crippen molar-refractivity contribution >= 4 is 17.4 Å². The number of fused-ring (bicyclic) bond motifs is 1. The third-order valence-electron chi connectivity index (χ3n) is 4.42. The van der Waals surface area contributed by atoms with Gasteiger partial charge in [-0.15, -0.1) is 0 Å². The van der Waals surface area contributed by atoms with E-state index in [0.717, 1.165) is 17.9 Å². The second-order valence-corrected chi connectivity index (χ2v) is 6.19. The van der Waals surface area contributed by atoms with Gasteiger partial charge in [-0.3, -0.25) is 4.79 Å². The van der Waals surface area contributed by atoms with E-state index in [2.05, 4.69) is 40.3 Å². The van der Waals surface area contributed by atoms with Gasteiger partial charge in [0.15, 0.2) is 0 Å². The SMILES string of the molecule is CC1Cc2ccccc2N1c1cccc(C(=O)NCc2ccco2)n1. The Kier molecular flexibility index (Phi) is 3.98. The van der Waals surface area contributed by atoms with Crippen LogP contribution in [0, 0.1) is 0 Å². The van der Waals surface area contributed by atoms with Crippen LogP contribution < -0.4 is 10.2 Å². The zero-order valence-electron chi connectivity index (χ0n) is 14.0. The maximum absolute atomic E-state index is 12.4. The minimum Gasteiger partial charge on any atom is -0.467 e. The van der Waals surface area contributed by atoms with Crippen molar-refractivity contribution in [2.75, 3.05) is 4.90 Å². The number of hydrogen-bond acceptors (Lipinski definition) is 4. The summed E-state index contributed by atoms with van der Waals surface area (Å²) in [6.45, 7) is 2.52. The number of carbonyl (C=O) groups is 1. The normalized spacial score (nSPS) is 15.9. The number of nitrogens with zero attached hydrogens (tertiary/aromatic N) is 2. The van der Waals surface area contributed by atoms with Crippen molar-refractivity contribution in [3.05, 3.63) is 77.9 Å². The molecule has 0 aliphatic carbocycles. The molecule has 2 aromatic heterocycles. The van der Waals surface area contributed by atoms with E-state index in [-0.39, 0.29) is 5.91 Å². The molecule has 0 fully saturated rings. The molecule has 1 aliphatic rings. The number of pyridine rings is 1. The van der Waals surface area contributed by atoms with E-state index in [9.17, 15) is 4.79 Å². The molecule has 3 heterocycles. The molecule has 3 aromatic rings. The Hall–Kier alpha value is -3.08. The number of nitrogens with one attached hydrogen (secondary N) is 1. The topological polar surface area (TPSA) is 58.4 Å². The van der Waals surface area contributed by atoms with Gasteiger partial charge in [-0.1, -0.05) is 24.3 Å². The fraction of sp³-hybridized carbons (Fsp3) is 0.200.